The molecule has 0 spiro atoms. The van der Waals surface area contributed by atoms with Crippen molar-refractivity contribution in [3.8, 4) is 0 Å². The fourth-order valence-corrected chi connectivity index (χ4v) is 4.15. The molecule has 3 nitrogen and oxygen atoms in total. The maximum Gasteiger partial charge on any atom is 0.232 e. The van der Waals surface area contributed by atoms with Gasteiger partial charge in [0.2, 0.25) is 5.91 Å². The number of halogens is 1. The molecule has 2 unspecified atom stereocenters. The molecule has 2 aliphatic heterocycles. The summed E-state index contributed by atoms with van der Waals surface area (Å²) in [5.41, 5.74) is 0. The van der Waals surface area contributed by atoms with Crippen LogP contribution in [-0.4, -0.2) is 41.7 Å². The summed E-state index contributed by atoms with van der Waals surface area (Å²) in [7, 11) is 1.92. The lowest BCUT2D eigenvalue weighted by molar-refractivity contribution is -0.129. The van der Waals surface area contributed by atoms with Crippen LogP contribution in [0.15, 0.2) is 29.2 Å². The summed E-state index contributed by atoms with van der Waals surface area (Å²) >= 11 is 1.47. The van der Waals surface area contributed by atoms with Crippen LogP contribution in [0.1, 0.15) is 25.7 Å². The Morgan fingerprint density at radius 1 is 1.29 bits per heavy atom. The summed E-state index contributed by atoms with van der Waals surface area (Å²) in [6.07, 6.45) is 4.63. The normalized spacial score (nSPS) is 27.6. The van der Waals surface area contributed by atoms with Crippen molar-refractivity contribution in [3.63, 3.8) is 0 Å². The quantitative estimate of drug-likeness (QED) is 0.868. The molecule has 0 aromatic heterocycles. The highest BCUT2D eigenvalue weighted by molar-refractivity contribution is 8.00. The minimum absolute atomic E-state index is 0.163. The van der Waals surface area contributed by atoms with Crippen molar-refractivity contribution in [1.82, 2.24) is 10.2 Å². The molecule has 0 radical (unpaired) electrons. The minimum atomic E-state index is -0.243. The molecule has 114 valence electrons. The molecule has 5 heteroatoms. The van der Waals surface area contributed by atoms with Gasteiger partial charge in [-0.25, -0.2) is 4.39 Å². The molecule has 1 aromatic carbocycles. The number of piperidine rings is 1. The second-order valence-electron chi connectivity index (χ2n) is 6.01. The summed E-state index contributed by atoms with van der Waals surface area (Å²) in [5, 5.41) is 3.60. The number of nitrogens with one attached hydrogen (secondary N) is 1. The Labute approximate surface area is 129 Å². The van der Waals surface area contributed by atoms with Crippen LogP contribution < -0.4 is 5.32 Å². The minimum Gasteiger partial charge on any atom is -0.342 e. The highest BCUT2D eigenvalue weighted by Gasteiger charge is 2.36. The third-order valence-electron chi connectivity index (χ3n) is 4.57. The molecular formula is C16H21FN2OS. The number of fused-ring (bicyclic) bond motifs is 2. The summed E-state index contributed by atoms with van der Waals surface area (Å²) < 4.78 is 12.8. The molecule has 2 bridgehead atoms. The Kier molecular flexibility index (Phi) is 4.50. The van der Waals surface area contributed by atoms with Crippen LogP contribution in [0.4, 0.5) is 4.39 Å². The monoisotopic (exact) mass is 308 g/mol. The number of nitrogens with zero attached hydrogens (tertiary/aromatic N) is 1. The smallest absolute Gasteiger partial charge is 0.232 e. The van der Waals surface area contributed by atoms with Crippen molar-refractivity contribution >= 4 is 17.7 Å². The Hall–Kier alpha value is -1.07. The Bertz CT molecular complexity index is 496. The van der Waals surface area contributed by atoms with Crippen LogP contribution in [-0.2, 0) is 4.79 Å². The van der Waals surface area contributed by atoms with Gasteiger partial charge in [-0.3, -0.25) is 4.79 Å². The van der Waals surface area contributed by atoms with Gasteiger partial charge in [-0.1, -0.05) is 0 Å². The molecule has 2 aliphatic rings. The van der Waals surface area contributed by atoms with E-state index in [1.54, 1.807) is 12.1 Å². The van der Waals surface area contributed by atoms with Crippen LogP contribution in [0.2, 0.25) is 0 Å². The first-order valence-electron chi connectivity index (χ1n) is 7.52. The Morgan fingerprint density at radius 2 is 1.90 bits per heavy atom. The lowest BCUT2D eigenvalue weighted by Gasteiger charge is -2.35. The molecule has 2 fully saturated rings. The second kappa shape index (κ2) is 6.36. The molecule has 0 aliphatic carbocycles. The van der Waals surface area contributed by atoms with Gasteiger partial charge in [0, 0.05) is 30.1 Å². The fourth-order valence-electron chi connectivity index (χ4n) is 3.32. The second-order valence-corrected chi connectivity index (χ2v) is 7.06. The van der Waals surface area contributed by atoms with E-state index in [2.05, 4.69) is 5.32 Å². The van der Waals surface area contributed by atoms with E-state index in [4.69, 9.17) is 0 Å². The molecule has 2 saturated heterocycles. The van der Waals surface area contributed by atoms with E-state index in [0.717, 1.165) is 17.7 Å². The zero-order chi connectivity index (χ0) is 14.8. The highest BCUT2D eigenvalue weighted by Crippen LogP contribution is 2.29. The van der Waals surface area contributed by atoms with Crippen LogP contribution in [0.3, 0.4) is 0 Å². The van der Waals surface area contributed by atoms with Gasteiger partial charge >= 0.3 is 0 Å². The third-order valence-corrected chi connectivity index (χ3v) is 5.56. The molecule has 1 N–H and O–H groups in total. The first-order valence-corrected chi connectivity index (χ1v) is 8.50. The number of benzene rings is 1. The maximum atomic E-state index is 12.8. The van der Waals surface area contributed by atoms with Gasteiger partial charge in [0.25, 0.3) is 0 Å². The average molecular weight is 308 g/mol. The van der Waals surface area contributed by atoms with Gasteiger partial charge in [0.05, 0.1) is 5.75 Å². The van der Waals surface area contributed by atoms with E-state index >= 15 is 0 Å². The predicted octanol–water partition coefficient (Wildman–Crippen LogP) is 2.66. The average Bonchev–Trinajstić information content (AvgIpc) is 2.84. The molecule has 2 heterocycles. The lowest BCUT2D eigenvalue weighted by Crippen LogP contribution is -2.49. The topological polar surface area (TPSA) is 32.3 Å². The van der Waals surface area contributed by atoms with Crippen LogP contribution >= 0.6 is 11.8 Å². The molecule has 3 rings (SSSR count). The van der Waals surface area contributed by atoms with Gasteiger partial charge in [-0.15, -0.1) is 11.8 Å². The van der Waals surface area contributed by atoms with Gasteiger partial charge in [-0.05, 0) is 49.9 Å². The van der Waals surface area contributed by atoms with E-state index < -0.39 is 0 Å². The van der Waals surface area contributed by atoms with Crippen LogP contribution in [0, 0.1) is 5.82 Å². The summed E-state index contributed by atoms with van der Waals surface area (Å²) in [5.74, 6) is 0.338. The number of amides is 1. The molecule has 0 saturated carbocycles. The van der Waals surface area contributed by atoms with Crippen LogP contribution in [0.5, 0.6) is 0 Å². The van der Waals surface area contributed by atoms with Gasteiger partial charge in [0.15, 0.2) is 0 Å². The zero-order valence-corrected chi connectivity index (χ0v) is 13.0. The number of carbonyl (C=O) groups excluding carboxylic acids is 1. The molecule has 21 heavy (non-hydrogen) atoms. The fraction of sp³-hybridized carbons (Fsp3) is 0.562. The largest absolute Gasteiger partial charge is 0.342 e. The van der Waals surface area contributed by atoms with E-state index in [0.29, 0.717) is 23.9 Å². The molecule has 1 aromatic rings. The first-order chi connectivity index (χ1) is 10.1. The van der Waals surface area contributed by atoms with Crippen LogP contribution in [0.25, 0.3) is 0 Å². The van der Waals surface area contributed by atoms with Crippen molar-refractivity contribution in [2.24, 2.45) is 0 Å². The van der Waals surface area contributed by atoms with E-state index in [1.165, 1.54) is 36.7 Å². The number of hydrogen-bond donors (Lipinski definition) is 1. The maximum absolute atomic E-state index is 12.8. The Balaban J connectivity index is 1.51. The third kappa shape index (κ3) is 3.58. The van der Waals surface area contributed by atoms with Crippen molar-refractivity contribution in [2.75, 3.05) is 12.8 Å². The van der Waals surface area contributed by atoms with Crippen molar-refractivity contribution in [1.29, 1.82) is 0 Å². The number of carbonyl (C=O) groups is 1. The Morgan fingerprint density at radius 3 is 2.52 bits per heavy atom. The van der Waals surface area contributed by atoms with Gasteiger partial charge in [0.1, 0.15) is 5.82 Å². The molecule has 1 amide bonds. The predicted molar refractivity (Wildman–Crippen MR) is 82.9 cm³/mol. The summed E-state index contributed by atoms with van der Waals surface area (Å²) in [6.45, 7) is 0. The van der Waals surface area contributed by atoms with Crippen molar-refractivity contribution in [2.45, 2.75) is 48.7 Å². The highest BCUT2D eigenvalue weighted by atomic mass is 32.2. The van der Waals surface area contributed by atoms with E-state index in [-0.39, 0.29) is 11.7 Å². The zero-order valence-electron chi connectivity index (χ0n) is 12.2. The summed E-state index contributed by atoms with van der Waals surface area (Å²) in [6, 6.07) is 7.85. The molecular weight excluding hydrogens is 287 g/mol. The number of rotatable bonds is 4. The van der Waals surface area contributed by atoms with Gasteiger partial charge in [-0.2, -0.15) is 0 Å². The lowest BCUT2D eigenvalue weighted by atomic mass is 9.98. The number of hydrogen-bond acceptors (Lipinski definition) is 3. The first kappa shape index (κ1) is 14.9. The molecule has 2 atom stereocenters. The SMILES string of the molecule is CN(C(=O)CSc1ccc(F)cc1)C1CC2CCC(C1)N2. The standard InChI is InChI=1S/C16H21FN2OS/c1-19(14-8-12-4-5-13(9-14)18-12)16(20)10-21-15-6-2-11(17)3-7-15/h2-3,6-7,12-14,18H,4-5,8-10H2,1H3. The van der Waals surface area contributed by atoms with E-state index in [1.807, 2.05) is 11.9 Å². The van der Waals surface area contributed by atoms with Crippen molar-refractivity contribution in [3.05, 3.63) is 30.1 Å². The van der Waals surface area contributed by atoms with Gasteiger partial charge < -0.3 is 10.2 Å². The van der Waals surface area contributed by atoms with Crippen molar-refractivity contribution < 1.29 is 9.18 Å². The number of thioether (sulfide) groups is 1. The van der Waals surface area contributed by atoms with E-state index in [9.17, 15) is 9.18 Å². The summed E-state index contributed by atoms with van der Waals surface area (Å²) in [4.78, 5) is 15.2.